The number of carbonyl (C=O) groups excluding carboxylic acids is 3. The van der Waals surface area contributed by atoms with Crippen molar-refractivity contribution < 1.29 is 23.9 Å². The molecule has 1 aliphatic carbocycles. The Hall–Kier alpha value is -3.20. The summed E-state index contributed by atoms with van der Waals surface area (Å²) in [6, 6.07) is 7.32. The SMILES string of the molecule is COC(=O)c1cn(CC(=O)O[C@H](C)C(=O)N(c2nccs2)C2CCCCC2)c2ccccc12. The standard InChI is InChI=1S/C24H27N3O5S/c1-16(22(29)27(24-25-12-13-33-24)17-8-4-3-5-9-17)32-21(28)15-26-14-19(23(30)31-2)18-10-6-7-11-20(18)26/h6-7,10-14,16-17H,3-5,8-9,15H2,1-2H3/t16-/m1/s1. The Balaban J connectivity index is 1.49. The summed E-state index contributed by atoms with van der Waals surface area (Å²) in [5.41, 5.74) is 1.08. The van der Waals surface area contributed by atoms with Crippen LogP contribution in [0, 0.1) is 0 Å². The molecule has 9 heteroatoms. The number of nitrogens with zero attached hydrogens (tertiary/aromatic N) is 3. The van der Waals surface area contributed by atoms with Crippen LogP contribution in [-0.4, -0.2) is 46.7 Å². The molecule has 1 saturated carbocycles. The fourth-order valence-corrected chi connectivity index (χ4v) is 5.09. The van der Waals surface area contributed by atoms with Gasteiger partial charge in [-0.1, -0.05) is 37.5 Å². The monoisotopic (exact) mass is 469 g/mol. The van der Waals surface area contributed by atoms with E-state index in [2.05, 4.69) is 4.98 Å². The molecule has 0 bridgehead atoms. The minimum absolute atomic E-state index is 0.0644. The summed E-state index contributed by atoms with van der Waals surface area (Å²) in [5.74, 6) is -1.30. The van der Waals surface area contributed by atoms with Crippen molar-refractivity contribution in [1.82, 2.24) is 9.55 Å². The molecule has 33 heavy (non-hydrogen) atoms. The number of carbonyl (C=O) groups is 3. The van der Waals surface area contributed by atoms with E-state index >= 15 is 0 Å². The molecule has 0 N–H and O–H groups in total. The third kappa shape index (κ3) is 4.93. The van der Waals surface area contributed by atoms with Crippen molar-refractivity contribution in [3.05, 3.63) is 47.6 Å². The molecule has 0 radical (unpaired) electrons. The first-order chi connectivity index (χ1) is 16.0. The zero-order valence-electron chi connectivity index (χ0n) is 18.7. The van der Waals surface area contributed by atoms with E-state index in [1.807, 2.05) is 23.6 Å². The summed E-state index contributed by atoms with van der Waals surface area (Å²) in [4.78, 5) is 44.3. The van der Waals surface area contributed by atoms with Crippen LogP contribution in [0.2, 0.25) is 0 Å². The molecule has 1 atom stereocenters. The zero-order valence-corrected chi connectivity index (χ0v) is 19.5. The molecule has 4 rings (SSSR count). The molecule has 2 heterocycles. The summed E-state index contributed by atoms with van der Waals surface area (Å²) >= 11 is 1.41. The largest absolute Gasteiger partial charge is 0.465 e. The number of hydrogen-bond acceptors (Lipinski definition) is 7. The Labute approximate surface area is 196 Å². The summed E-state index contributed by atoms with van der Waals surface area (Å²) < 4.78 is 12.0. The lowest BCUT2D eigenvalue weighted by molar-refractivity contribution is -0.154. The molecule has 3 aromatic rings. The Morgan fingerprint density at radius 1 is 1.21 bits per heavy atom. The number of benzene rings is 1. The van der Waals surface area contributed by atoms with Crippen molar-refractivity contribution in [3.63, 3.8) is 0 Å². The highest BCUT2D eigenvalue weighted by Gasteiger charge is 2.33. The second-order valence-corrected chi connectivity index (χ2v) is 9.00. The van der Waals surface area contributed by atoms with Crippen molar-refractivity contribution >= 4 is 45.2 Å². The molecule has 1 aromatic carbocycles. The number of fused-ring (bicyclic) bond motifs is 1. The number of ether oxygens (including phenoxy) is 2. The van der Waals surface area contributed by atoms with Crippen LogP contribution >= 0.6 is 11.3 Å². The molecule has 0 unspecified atom stereocenters. The summed E-state index contributed by atoms with van der Waals surface area (Å²) in [5, 5.41) is 3.16. The van der Waals surface area contributed by atoms with Crippen LogP contribution in [0.25, 0.3) is 10.9 Å². The van der Waals surface area contributed by atoms with E-state index < -0.39 is 18.0 Å². The van der Waals surface area contributed by atoms with Crippen LogP contribution in [0.3, 0.4) is 0 Å². The Kier molecular flexibility index (Phi) is 7.08. The molecule has 1 amide bonds. The van der Waals surface area contributed by atoms with Gasteiger partial charge in [-0.25, -0.2) is 9.78 Å². The maximum Gasteiger partial charge on any atom is 0.340 e. The average Bonchev–Trinajstić information content (AvgIpc) is 3.48. The molecule has 174 valence electrons. The fraction of sp³-hybridized carbons (Fsp3) is 0.417. The zero-order chi connectivity index (χ0) is 23.4. The second kappa shape index (κ2) is 10.2. The molecule has 1 fully saturated rings. The maximum atomic E-state index is 13.3. The lowest BCUT2D eigenvalue weighted by Crippen LogP contribution is -2.47. The van der Waals surface area contributed by atoms with Gasteiger partial charge in [0.15, 0.2) is 11.2 Å². The molecule has 8 nitrogen and oxygen atoms in total. The number of methoxy groups -OCH3 is 1. The van der Waals surface area contributed by atoms with Gasteiger partial charge >= 0.3 is 11.9 Å². The van der Waals surface area contributed by atoms with E-state index in [-0.39, 0.29) is 18.5 Å². The normalized spacial score (nSPS) is 15.2. The fourth-order valence-electron chi connectivity index (χ4n) is 4.37. The number of anilines is 1. The quantitative estimate of drug-likeness (QED) is 0.482. The van der Waals surface area contributed by atoms with Crippen molar-refractivity contribution in [2.75, 3.05) is 12.0 Å². The van der Waals surface area contributed by atoms with Gasteiger partial charge in [0.2, 0.25) is 0 Å². The third-order valence-corrected chi connectivity index (χ3v) is 6.72. The lowest BCUT2D eigenvalue weighted by atomic mass is 9.94. The summed E-state index contributed by atoms with van der Waals surface area (Å²) in [6.07, 6.45) is 7.43. The molecule has 0 spiro atoms. The highest BCUT2D eigenvalue weighted by molar-refractivity contribution is 7.13. The third-order valence-electron chi connectivity index (χ3n) is 5.95. The second-order valence-electron chi connectivity index (χ2n) is 8.13. The van der Waals surface area contributed by atoms with E-state index in [0.717, 1.165) is 25.7 Å². The molecule has 0 aliphatic heterocycles. The van der Waals surface area contributed by atoms with Gasteiger partial charge < -0.3 is 14.0 Å². The maximum absolute atomic E-state index is 13.3. The average molecular weight is 470 g/mol. The highest BCUT2D eigenvalue weighted by atomic mass is 32.1. The van der Waals surface area contributed by atoms with E-state index in [0.29, 0.717) is 21.6 Å². The van der Waals surface area contributed by atoms with Crippen LogP contribution in [0.1, 0.15) is 49.4 Å². The van der Waals surface area contributed by atoms with E-state index in [1.54, 1.807) is 34.9 Å². The number of aromatic nitrogens is 2. The molecular weight excluding hydrogens is 442 g/mol. The predicted molar refractivity (Wildman–Crippen MR) is 125 cm³/mol. The minimum atomic E-state index is -0.953. The van der Waals surface area contributed by atoms with Gasteiger partial charge in [0.25, 0.3) is 5.91 Å². The molecule has 2 aromatic heterocycles. The highest BCUT2D eigenvalue weighted by Crippen LogP contribution is 2.30. The van der Waals surface area contributed by atoms with Crippen LogP contribution in [-0.2, 0) is 25.6 Å². The number of amides is 1. The van der Waals surface area contributed by atoms with Gasteiger partial charge in [-0.05, 0) is 25.8 Å². The number of thiazole rings is 1. The van der Waals surface area contributed by atoms with Gasteiger partial charge in [0.05, 0.1) is 12.7 Å². The summed E-state index contributed by atoms with van der Waals surface area (Å²) in [7, 11) is 1.32. The smallest absolute Gasteiger partial charge is 0.340 e. The Morgan fingerprint density at radius 3 is 2.67 bits per heavy atom. The molecule has 0 saturated heterocycles. The van der Waals surface area contributed by atoms with Crippen LogP contribution in [0.4, 0.5) is 5.13 Å². The number of para-hydroxylation sites is 1. The first-order valence-corrected chi connectivity index (χ1v) is 12.0. The van der Waals surface area contributed by atoms with Gasteiger partial charge in [0.1, 0.15) is 6.54 Å². The van der Waals surface area contributed by atoms with Gasteiger partial charge in [-0.2, -0.15) is 0 Å². The van der Waals surface area contributed by atoms with Crippen LogP contribution in [0.15, 0.2) is 42.0 Å². The Bertz CT molecular complexity index is 1130. The molecule has 1 aliphatic rings. The number of rotatable bonds is 7. The van der Waals surface area contributed by atoms with Gasteiger partial charge in [-0.3, -0.25) is 14.5 Å². The van der Waals surface area contributed by atoms with Crippen molar-refractivity contribution in [1.29, 1.82) is 0 Å². The molecular formula is C24H27N3O5S. The first-order valence-electron chi connectivity index (χ1n) is 11.1. The predicted octanol–water partition coefficient (Wildman–Crippen LogP) is 4.18. The van der Waals surface area contributed by atoms with Gasteiger partial charge in [-0.15, -0.1) is 11.3 Å². The van der Waals surface area contributed by atoms with Crippen LogP contribution in [0.5, 0.6) is 0 Å². The van der Waals surface area contributed by atoms with Crippen molar-refractivity contribution in [3.8, 4) is 0 Å². The van der Waals surface area contributed by atoms with E-state index in [1.165, 1.54) is 24.9 Å². The Morgan fingerprint density at radius 2 is 1.97 bits per heavy atom. The van der Waals surface area contributed by atoms with Crippen molar-refractivity contribution in [2.24, 2.45) is 0 Å². The van der Waals surface area contributed by atoms with Crippen LogP contribution < -0.4 is 4.90 Å². The van der Waals surface area contributed by atoms with E-state index in [4.69, 9.17) is 9.47 Å². The summed E-state index contributed by atoms with van der Waals surface area (Å²) in [6.45, 7) is 1.47. The minimum Gasteiger partial charge on any atom is -0.465 e. The first kappa shape index (κ1) is 23.0. The van der Waals surface area contributed by atoms with E-state index in [9.17, 15) is 14.4 Å². The lowest BCUT2D eigenvalue weighted by Gasteiger charge is -2.33. The van der Waals surface area contributed by atoms with Gasteiger partial charge in [0, 0.05) is 34.7 Å². The number of hydrogen-bond donors (Lipinski definition) is 0. The van der Waals surface area contributed by atoms with Crippen molar-refractivity contribution in [2.45, 2.75) is 57.7 Å². The number of esters is 2. The topological polar surface area (TPSA) is 90.7 Å².